The summed E-state index contributed by atoms with van der Waals surface area (Å²) in [6.45, 7) is 0. The van der Waals surface area contributed by atoms with Crippen LogP contribution in [0.4, 0.5) is 17.1 Å². The molecule has 252 valence electrons. The Hall–Kier alpha value is -5.18. The molecule has 8 aromatic rings. The van der Waals surface area contributed by atoms with Crippen LogP contribution in [0.15, 0.2) is 158 Å². The summed E-state index contributed by atoms with van der Waals surface area (Å²) in [4.78, 5) is 2.50. The van der Waals surface area contributed by atoms with Gasteiger partial charge in [-0.3, -0.25) is 0 Å². The normalized spacial score (nSPS) is 22.0. The van der Waals surface area contributed by atoms with E-state index in [1.807, 2.05) is 11.3 Å². The van der Waals surface area contributed by atoms with E-state index in [1.54, 1.807) is 5.56 Å². The quantitative estimate of drug-likeness (QED) is 0.168. The zero-order valence-corrected chi connectivity index (χ0v) is 30.2. The van der Waals surface area contributed by atoms with Crippen molar-refractivity contribution in [3.05, 3.63) is 163 Å². The summed E-state index contributed by atoms with van der Waals surface area (Å²) in [5.74, 6) is 2.83. The van der Waals surface area contributed by atoms with Crippen LogP contribution in [-0.4, -0.2) is 0 Å². The summed E-state index contributed by atoms with van der Waals surface area (Å²) in [5, 5.41) is 5.23. The summed E-state index contributed by atoms with van der Waals surface area (Å²) in [6.07, 6.45) is 8.62. The molecular weight excluding hydrogens is 647 g/mol. The average Bonchev–Trinajstić information content (AvgIpc) is 3.58. The summed E-state index contributed by atoms with van der Waals surface area (Å²) in [7, 11) is 0. The summed E-state index contributed by atoms with van der Waals surface area (Å²) in [5.41, 5.74) is 10.6. The monoisotopic (exact) mass is 687 g/mol. The molecule has 52 heavy (non-hydrogen) atoms. The van der Waals surface area contributed by atoms with Crippen molar-refractivity contribution >= 4 is 59.3 Å². The maximum atomic E-state index is 2.50. The van der Waals surface area contributed by atoms with Crippen LogP contribution >= 0.6 is 11.3 Å². The second-order valence-electron chi connectivity index (χ2n) is 16.0. The number of nitrogens with zero attached hydrogens (tertiary/aromatic N) is 1. The second-order valence-corrected chi connectivity index (χ2v) is 17.0. The minimum atomic E-state index is 0.391. The molecular formula is C50H41NS. The Morgan fingerprint density at radius 3 is 1.71 bits per heavy atom. The molecule has 0 atom stereocenters. The van der Waals surface area contributed by atoms with E-state index < -0.39 is 0 Å². The first-order valence-electron chi connectivity index (χ1n) is 19.2. The number of thiophene rings is 1. The van der Waals surface area contributed by atoms with E-state index in [-0.39, 0.29) is 0 Å². The molecule has 2 heteroatoms. The third-order valence-electron chi connectivity index (χ3n) is 12.8. The first-order valence-corrected chi connectivity index (χ1v) is 20.0. The zero-order valence-electron chi connectivity index (χ0n) is 29.3. The van der Waals surface area contributed by atoms with Gasteiger partial charge in [-0.2, -0.15) is 0 Å². The van der Waals surface area contributed by atoms with Crippen LogP contribution in [0.2, 0.25) is 0 Å². The van der Waals surface area contributed by atoms with Gasteiger partial charge in [0, 0.05) is 26.8 Å². The fourth-order valence-electron chi connectivity index (χ4n) is 11.0. The van der Waals surface area contributed by atoms with Crippen LogP contribution in [0.5, 0.6) is 0 Å². The Bertz CT molecular complexity index is 2550. The Kier molecular flexibility index (Phi) is 6.99. The van der Waals surface area contributed by atoms with Gasteiger partial charge in [0.05, 0.1) is 10.4 Å². The van der Waals surface area contributed by atoms with Crippen LogP contribution in [0.1, 0.15) is 44.1 Å². The molecule has 1 nitrogen and oxygen atoms in total. The van der Waals surface area contributed by atoms with Crippen molar-refractivity contribution in [1.82, 2.24) is 0 Å². The van der Waals surface area contributed by atoms with E-state index in [9.17, 15) is 0 Å². The smallest absolute Gasteiger partial charge is 0.0640 e. The molecule has 12 rings (SSSR count). The molecule has 1 heterocycles. The summed E-state index contributed by atoms with van der Waals surface area (Å²) >= 11 is 1.91. The molecule has 4 saturated carbocycles. The number of rotatable bonds is 6. The number of hydrogen-bond acceptors (Lipinski definition) is 2. The van der Waals surface area contributed by atoms with E-state index in [1.165, 1.54) is 109 Å². The Balaban J connectivity index is 1.04. The SMILES string of the molecule is c1ccc(-c2cccc3cccc(-c4ccc(N(c5ccc(C67CC8CC(CC(C8)C6)C7)cc5)c5cccc6c5sc5ccccc56)cc4)c23)cc1. The van der Waals surface area contributed by atoms with Gasteiger partial charge in [0.25, 0.3) is 0 Å². The van der Waals surface area contributed by atoms with E-state index >= 15 is 0 Å². The van der Waals surface area contributed by atoms with Crippen molar-refractivity contribution in [1.29, 1.82) is 0 Å². The average molecular weight is 688 g/mol. The first kappa shape index (κ1) is 30.4. The van der Waals surface area contributed by atoms with Crippen molar-refractivity contribution < 1.29 is 0 Å². The summed E-state index contributed by atoms with van der Waals surface area (Å²) in [6, 6.07) is 59.0. The standard InChI is InChI=1S/C50H41NS/c1-2-9-36(10-3-1)42-14-6-11-38-12-7-15-43(48(38)42)37-19-23-40(24-20-37)51(46-17-8-16-45-44-13-4-5-18-47(44)52-49(45)46)41-25-21-39(22-26-41)50-30-33-27-34(31-50)29-35(28-33)32-50/h1-26,33-35H,27-32H2. The molecule has 7 aromatic carbocycles. The lowest BCUT2D eigenvalue weighted by Gasteiger charge is -2.57. The summed E-state index contributed by atoms with van der Waals surface area (Å²) < 4.78 is 2.67. The molecule has 0 radical (unpaired) electrons. The lowest BCUT2D eigenvalue weighted by Crippen LogP contribution is -2.48. The molecule has 0 N–H and O–H groups in total. The fourth-order valence-corrected chi connectivity index (χ4v) is 12.2. The van der Waals surface area contributed by atoms with Crippen LogP contribution < -0.4 is 4.90 Å². The topological polar surface area (TPSA) is 3.24 Å². The minimum Gasteiger partial charge on any atom is -0.309 e. The van der Waals surface area contributed by atoms with Gasteiger partial charge in [-0.1, -0.05) is 121 Å². The molecule has 4 aliphatic rings. The fraction of sp³-hybridized carbons (Fsp3) is 0.200. The first-order chi connectivity index (χ1) is 25.7. The number of fused-ring (bicyclic) bond motifs is 4. The third-order valence-corrected chi connectivity index (χ3v) is 14.0. The predicted octanol–water partition coefficient (Wildman–Crippen LogP) is 14.5. The van der Waals surface area contributed by atoms with Crippen molar-refractivity contribution in [3.8, 4) is 22.3 Å². The van der Waals surface area contributed by atoms with E-state index in [4.69, 9.17) is 0 Å². The van der Waals surface area contributed by atoms with Gasteiger partial charge in [0.2, 0.25) is 0 Å². The number of benzene rings is 7. The number of anilines is 3. The van der Waals surface area contributed by atoms with Gasteiger partial charge in [0.1, 0.15) is 0 Å². The Morgan fingerprint density at radius 2 is 1.04 bits per heavy atom. The largest absolute Gasteiger partial charge is 0.309 e. The molecule has 0 amide bonds. The molecule has 0 spiro atoms. The molecule has 0 aliphatic heterocycles. The Labute approximate surface area is 310 Å². The molecule has 0 unspecified atom stereocenters. The third kappa shape index (κ3) is 4.88. The number of hydrogen-bond donors (Lipinski definition) is 0. The van der Waals surface area contributed by atoms with Crippen LogP contribution in [0, 0.1) is 17.8 Å². The zero-order chi connectivity index (χ0) is 34.2. The van der Waals surface area contributed by atoms with Crippen molar-refractivity contribution in [2.45, 2.75) is 43.9 Å². The molecule has 4 bridgehead atoms. The van der Waals surface area contributed by atoms with E-state index in [0.717, 1.165) is 17.8 Å². The van der Waals surface area contributed by atoms with Crippen molar-refractivity contribution in [2.75, 3.05) is 4.90 Å². The highest BCUT2D eigenvalue weighted by atomic mass is 32.1. The van der Waals surface area contributed by atoms with Gasteiger partial charge >= 0.3 is 0 Å². The highest BCUT2D eigenvalue weighted by Gasteiger charge is 2.51. The Morgan fingerprint density at radius 1 is 0.481 bits per heavy atom. The highest BCUT2D eigenvalue weighted by molar-refractivity contribution is 7.26. The molecule has 1 aromatic heterocycles. The highest BCUT2D eigenvalue weighted by Crippen LogP contribution is 2.61. The molecule has 0 saturated heterocycles. The van der Waals surface area contributed by atoms with Crippen LogP contribution in [0.3, 0.4) is 0 Å². The van der Waals surface area contributed by atoms with Crippen LogP contribution in [-0.2, 0) is 5.41 Å². The predicted molar refractivity (Wildman–Crippen MR) is 222 cm³/mol. The van der Waals surface area contributed by atoms with Crippen molar-refractivity contribution in [2.24, 2.45) is 17.8 Å². The van der Waals surface area contributed by atoms with Gasteiger partial charge in [0.15, 0.2) is 0 Å². The van der Waals surface area contributed by atoms with Gasteiger partial charge < -0.3 is 4.90 Å². The van der Waals surface area contributed by atoms with Crippen LogP contribution in [0.25, 0.3) is 53.2 Å². The molecule has 4 aliphatic carbocycles. The maximum absolute atomic E-state index is 2.50. The van der Waals surface area contributed by atoms with Gasteiger partial charge in [-0.15, -0.1) is 11.3 Å². The maximum Gasteiger partial charge on any atom is 0.0640 e. The lowest BCUT2D eigenvalue weighted by molar-refractivity contribution is -0.00518. The van der Waals surface area contributed by atoms with E-state index in [0.29, 0.717) is 5.41 Å². The van der Waals surface area contributed by atoms with E-state index in [2.05, 4.69) is 163 Å². The second kappa shape index (κ2) is 11.9. The minimum absolute atomic E-state index is 0.391. The molecule has 4 fully saturated rings. The van der Waals surface area contributed by atoms with Gasteiger partial charge in [-0.25, -0.2) is 0 Å². The lowest BCUT2D eigenvalue weighted by atomic mass is 9.48. The van der Waals surface area contributed by atoms with Crippen molar-refractivity contribution in [3.63, 3.8) is 0 Å². The van der Waals surface area contributed by atoms with Gasteiger partial charge in [-0.05, 0) is 137 Å².